The third-order valence-electron chi connectivity index (χ3n) is 5.18. The van der Waals surface area contributed by atoms with Crippen LogP contribution in [0.3, 0.4) is 0 Å². The van der Waals surface area contributed by atoms with Crippen LogP contribution in [0.4, 0.5) is 16.3 Å². The number of aryl methyl sites for hydroxylation is 1. The molecule has 12 heteroatoms. The minimum atomic E-state index is -0.867. The van der Waals surface area contributed by atoms with Crippen molar-refractivity contribution in [3.8, 4) is 5.75 Å². The number of carbonyl (C=O) groups excluding carboxylic acids is 2. The molecule has 0 radical (unpaired) electrons. The Morgan fingerprint density at radius 2 is 2.09 bits per heavy atom. The van der Waals surface area contributed by atoms with E-state index in [1.165, 1.54) is 24.3 Å². The highest BCUT2D eigenvalue weighted by Crippen LogP contribution is 2.36. The second kappa shape index (κ2) is 9.51. The Bertz CT molecular complexity index is 1150. The molecular weight excluding hydrogens is 434 g/mol. The topological polar surface area (TPSA) is 162 Å². The standard InChI is InChI=1S/C21H21N5O7/c1-12-11-22-20(31-12)10-19(27)23-18-9-17(24-25-18)13-2-5-16(8-13)33-21(28)32-15-6-3-14(4-7-15)26(29)30/h3-4,6-7,9,11,13,16H,2,5,8,10H2,1H3,(H2,23,24,25,27). The number of anilines is 1. The lowest BCUT2D eigenvalue weighted by Crippen LogP contribution is -2.18. The summed E-state index contributed by atoms with van der Waals surface area (Å²) in [6, 6.07) is 6.91. The third kappa shape index (κ3) is 5.73. The van der Waals surface area contributed by atoms with Crippen molar-refractivity contribution in [2.24, 2.45) is 0 Å². The first-order valence-electron chi connectivity index (χ1n) is 10.2. The number of nitrogens with zero attached hydrogens (tertiary/aromatic N) is 3. The fourth-order valence-electron chi connectivity index (χ4n) is 3.64. The average Bonchev–Trinajstić information content (AvgIpc) is 3.50. The number of hydrogen-bond donors (Lipinski definition) is 2. The van der Waals surface area contributed by atoms with Crippen LogP contribution in [0.15, 0.2) is 40.9 Å². The maximum Gasteiger partial charge on any atom is 0.514 e. The molecule has 1 amide bonds. The number of oxazole rings is 1. The van der Waals surface area contributed by atoms with E-state index in [1.54, 1.807) is 19.2 Å². The number of H-pyrrole nitrogens is 1. The van der Waals surface area contributed by atoms with Gasteiger partial charge < -0.3 is 19.2 Å². The first kappa shape index (κ1) is 22.0. The number of hydrogen-bond acceptors (Lipinski definition) is 9. The molecule has 1 aliphatic carbocycles. The van der Waals surface area contributed by atoms with Crippen LogP contribution in [0.5, 0.6) is 5.75 Å². The van der Waals surface area contributed by atoms with E-state index in [2.05, 4.69) is 20.5 Å². The molecule has 2 aromatic heterocycles. The van der Waals surface area contributed by atoms with Crippen LogP contribution in [0.1, 0.15) is 42.5 Å². The van der Waals surface area contributed by atoms with Gasteiger partial charge in [-0.2, -0.15) is 5.10 Å². The zero-order chi connectivity index (χ0) is 23.4. The largest absolute Gasteiger partial charge is 0.514 e. The molecule has 2 atom stereocenters. The number of rotatable bonds is 7. The molecule has 2 heterocycles. The quantitative estimate of drug-likeness (QED) is 0.234. The Hall–Kier alpha value is -4.22. The van der Waals surface area contributed by atoms with Crippen molar-refractivity contribution in [3.63, 3.8) is 0 Å². The molecule has 0 bridgehead atoms. The summed E-state index contributed by atoms with van der Waals surface area (Å²) in [5.41, 5.74) is 0.726. The first-order valence-corrected chi connectivity index (χ1v) is 10.2. The summed E-state index contributed by atoms with van der Waals surface area (Å²) >= 11 is 0. The van der Waals surface area contributed by atoms with Crippen molar-refractivity contribution in [2.45, 2.75) is 44.6 Å². The minimum Gasteiger partial charge on any atom is -0.445 e. The predicted molar refractivity (Wildman–Crippen MR) is 113 cm³/mol. The SMILES string of the molecule is Cc1cnc(CC(=O)Nc2cc(C3CCC(OC(=O)Oc4ccc([N+](=O)[O-])cc4)C3)[nH]n2)o1. The van der Waals surface area contributed by atoms with Gasteiger partial charge in [-0.3, -0.25) is 20.0 Å². The number of aromatic nitrogens is 3. The van der Waals surface area contributed by atoms with Gasteiger partial charge >= 0.3 is 6.16 Å². The van der Waals surface area contributed by atoms with Crippen LogP contribution in [0.25, 0.3) is 0 Å². The van der Waals surface area contributed by atoms with E-state index < -0.39 is 11.1 Å². The summed E-state index contributed by atoms with van der Waals surface area (Å²) in [7, 11) is 0. The summed E-state index contributed by atoms with van der Waals surface area (Å²) < 4.78 is 15.7. The Kier molecular flexibility index (Phi) is 6.33. The maximum absolute atomic E-state index is 12.1. The average molecular weight is 455 g/mol. The number of nitrogens with one attached hydrogen (secondary N) is 2. The summed E-state index contributed by atoms with van der Waals surface area (Å²) in [5, 5.41) is 20.4. The lowest BCUT2D eigenvalue weighted by molar-refractivity contribution is -0.384. The number of benzene rings is 1. The molecule has 3 aromatic rings. The van der Waals surface area contributed by atoms with E-state index in [1.807, 2.05) is 0 Å². The van der Waals surface area contributed by atoms with Crippen molar-refractivity contribution in [3.05, 3.63) is 64.0 Å². The number of nitro groups is 1. The molecule has 1 aliphatic rings. The first-order chi connectivity index (χ1) is 15.9. The van der Waals surface area contributed by atoms with Crippen molar-refractivity contribution in [1.29, 1.82) is 0 Å². The molecule has 4 rings (SSSR count). The Balaban J connectivity index is 1.25. The van der Waals surface area contributed by atoms with Gasteiger partial charge in [-0.15, -0.1) is 0 Å². The highest BCUT2D eigenvalue weighted by Gasteiger charge is 2.30. The van der Waals surface area contributed by atoms with Crippen molar-refractivity contribution in [2.75, 3.05) is 5.32 Å². The van der Waals surface area contributed by atoms with E-state index in [0.29, 0.717) is 30.3 Å². The van der Waals surface area contributed by atoms with Crippen LogP contribution < -0.4 is 10.1 Å². The number of nitro benzene ring substituents is 1. The van der Waals surface area contributed by atoms with Crippen molar-refractivity contribution < 1.29 is 28.4 Å². The summed E-state index contributed by atoms with van der Waals surface area (Å²) in [4.78, 5) is 38.3. The summed E-state index contributed by atoms with van der Waals surface area (Å²) in [5.74, 6) is 1.30. The Morgan fingerprint density at radius 1 is 1.30 bits per heavy atom. The normalized spacial score (nSPS) is 17.5. The van der Waals surface area contributed by atoms with E-state index in [0.717, 1.165) is 12.1 Å². The van der Waals surface area contributed by atoms with E-state index in [4.69, 9.17) is 13.9 Å². The lowest BCUT2D eigenvalue weighted by atomic mass is 10.0. The van der Waals surface area contributed by atoms with Gasteiger partial charge in [0, 0.05) is 29.8 Å². The van der Waals surface area contributed by atoms with Crippen LogP contribution in [-0.4, -0.2) is 38.3 Å². The molecule has 2 unspecified atom stereocenters. The molecule has 0 aliphatic heterocycles. The second-order valence-electron chi connectivity index (χ2n) is 7.65. The van der Waals surface area contributed by atoms with Gasteiger partial charge in [0.2, 0.25) is 11.8 Å². The molecule has 1 fully saturated rings. The third-order valence-corrected chi connectivity index (χ3v) is 5.18. The minimum absolute atomic E-state index is 0.00620. The van der Waals surface area contributed by atoms with Gasteiger partial charge in [-0.05, 0) is 38.3 Å². The van der Waals surface area contributed by atoms with Crippen LogP contribution in [-0.2, 0) is 16.0 Å². The second-order valence-corrected chi connectivity index (χ2v) is 7.65. The van der Waals surface area contributed by atoms with E-state index in [-0.39, 0.29) is 35.8 Å². The van der Waals surface area contributed by atoms with Gasteiger partial charge in [-0.25, -0.2) is 9.78 Å². The van der Waals surface area contributed by atoms with Gasteiger partial charge in [-0.1, -0.05) is 0 Å². The maximum atomic E-state index is 12.1. The molecule has 33 heavy (non-hydrogen) atoms. The van der Waals surface area contributed by atoms with Gasteiger partial charge in [0.1, 0.15) is 24.0 Å². The fraction of sp³-hybridized carbons (Fsp3) is 0.333. The zero-order valence-corrected chi connectivity index (χ0v) is 17.6. The number of amides is 1. The fourth-order valence-corrected chi connectivity index (χ4v) is 3.64. The number of non-ortho nitro benzene ring substituents is 1. The highest BCUT2D eigenvalue weighted by atomic mass is 16.7. The lowest BCUT2D eigenvalue weighted by Gasteiger charge is -2.12. The molecule has 0 saturated heterocycles. The van der Waals surface area contributed by atoms with Crippen molar-refractivity contribution in [1.82, 2.24) is 15.2 Å². The number of ether oxygens (including phenoxy) is 2. The Labute approximate surface area is 187 Å². The number of aromatic amines is 1. The smallest absolute Gasteiger partial charge is 0.445 e. The van der Waals surface area contributed by atoms with Crippen LogP contribution >= 0.6 is 0 Å². The molecule has 12 nitrogen and oxygen atoms in total. The van der Waals surface area contributed by atoms with Crippen molar-refractivity contribution >= 4 is 23.6 Å². The van der Waals surface area contributed by atoms with Gasteiger partial charge in [0.25, 0.3) is 5.69 Å². The van der Waals surface area contributed by atoms with E-state index >= 15 is 0 Å². The molecule has 0 spiro atoms. The van der Waals surface area contributed by atoms with E-state index in [9.17, 15) is 19.7 Å². The van der Waals surface area contributed by atoms with Gasteiger partial charge in [0.05, 0.1) is 11.1 Å². The highest BCUT2D eigenvalue weighted by molar-refractivity contribution is 5.90. The Morgan fingerprint density at radius 3 is 2.79 bits per heavy atom. The summed E-state index contributed by atoms with van der Waals surface area (Å²) in [6.07, 6.45) is 2.33. The molecule has 1 saturated carbocycles. The van der Waals surface area contributed by atoms with Gasteiger partial charge in [0.15, 0.2) is 5.82 Å². The molecular formula is C21H21N5O7. The predicted octanol–water partition coefficient (Wildman–Crippen LogP) is 3.65. The van der Waals surface area contributed by atoms with Crippen LogP contribution in [0, 0.1) is 17.0 Å². The summed E-state index contributed by atoms with van der Waals surface area (Å²) in [6.45, 7) is 1.75. The number of carbonyl (C=O) groups is 2. The van der Waals surface area contributed by atoms with Crippen LogP contribution in [0.2, 0.25) is 0 Å². The molecule has 172 valence electrons. The zero-order valence-electron chi connectivity index (χ0n) is 17.6. The molecule has 2 N–H and O–H groups in total. The monoisotopic (exact) mass is 455 g/mol. The molecule has 1 aromatic carbocycles.